The van der Waals surface area contributed by atoms with Gasteiger partial charge in [-0.15, -0.1) is 0 Å². The van der Waals surface area contributed by atoms with Crippen molar-refractivity contribution in [3.05, 3.63) is 29.8 Å². The molecule has 0 radical (unpaired) electrons. The number of benzene rings is 1. The third kappa shape index (κ3) is 2.41. The Kier molecular flexibility index (Phi) is 2.88. The minimum atomic E-state index is 0.255. The standard InChI is InChI=1S/C17H25N/c1-17(2,3)13-7-9-14(10-8-13)18-16-6-4-5-12-11-15(12)16/h7-10,12,15-16,18H,4-6,11H2,1-3H3/t12-,15+,16?/m0/s1. The lowest BCUT2D eigenvalue weighted by molar-refractivity contribution is 0.440. The number of hydrogen-bond donors (Lipinski definition) is 1. The Morgan fingerprint density at radius 1 is 1.06 bits per heavy atom. The van der Waals surface area contributed by atoms with Gasteiger partial charge in [-0.1, -0.05) is 45.7 Å². The van der Waals surface area contributed by atoms with Crippen molar-refractivity contribution in [3.8, 4) is 0 Å². The second-order valence-electron chi connectivity index (χ2n) is 7.17. The molecule has 1 heteroatoms. The Balaban J connectivity index is 1.66. The van der Waals surface area contributed by atoms with E-state index in [9.17, 15) is 0 Å². The third-order valence-corrected chi connectivity index (χ3v) is 4.69. The third-order valence-electron chi connectivity index (χ3n) is 4.69. The van der Waals surface area contributed by atoms with E-state index in [1.165, 1.54) is 36.9 Å². The first-order valence-electron chi connectivity index (χ1n) is 7.41. The van der Waals surface area contributed by atoms with Crippen LogP contribution < -0.4 is 5.32 Å². The molecule has 2 aliphatic rings. The van der Waals surface area contributed by atoms with Crippen LogP contribution in [0, 0.1) is 11.8 Å². The number of rotatable bonds is 2. The van der Waals surface area contributed by atoms with Gasteiger partial charge in [0.2, 0.25) is 0 Å². The van der Waals surface area contributed by atoms with Crippen molar-refractivity contribution >= 4 is 5.69 Å². The molecule has 1 N–H and O–H groups in total. The van der Waals surface area contributed by atoms with E-state index in [0.29, 0.717) is 0 Å². The maximum absolute atomic E-state index is 3.75. The molecule has 18 heavy (non-hydrogen) atoms. The normalized spacial score (nSPS) is 30.7. The Morgan fingerprint density at radius 3 is 2.44 bits per heavy atom. The fourth-order valence-electron chi connectivity index (χ4n) is 3.37. The van der Waals surface area contributed by atoms with Crippen LogP contribution in [0.5, 0.6) is 0 Å². The number of nitrogens with one attached hydrogen (secondary N) is 1. The topological polar surface area (TPSA) is 12.0 Å². The van der Waals surface area contributed by atoms with Crippen molar-refractivity contribution in [1.82, 2.24) is 0 Å². The molecule has 1 unspecified atom stereocenters. The largest absolute Gasteiger partial charge is 0.382 e. The zero-order valence-corrected chi connectivity index (χ0v) is 11.9. The summed E-state index contributed by atoms with van der Waals surface area (Å²) < 4.78 is 0. The lowest BCUT2D eigenvalue weighted by atomic mass is 9.87. The van der Waals surface area contributed by atoms with Crippen LogP contribution >= 0.6 is 0 Å². The Labute approximate surface area is 111 Å². The molecule has 3 atom stereocenters. The monoisotopic (exact) mass is 243 g/mol. The van der Waals surface area contributed by atoms with Crippen molar-refractivity contribution in [2.24, 2.45) is 11.8 Å². The summed E-state index contributed by atoms with van der Waals surface area (Å²) in [4.78, 5) is 0. The fraction of sp³-hybridized carbons (Fsp3) is 0.647. The first kappa shape index (κ1) is 12.1. The van der Waals surface area contributed by atoms with E-state index < -0.39 is 0 Å². The Bertz CT molecular complexity index is 412. The SMILES string of the molecule is CC(C)(C)c1ccc(NC2CCC[C@H]3C[C@@H]23)cc1. The van der Waals surface area contributed by atoms with Gasteiger partial charge in [-0.3, -0.25) is 0 Å². The Morgan fingerprint density at radius 2 is 1.78 bits per heavy atom. The van der Waals surface area contributed by atoms with E-state index in [1.807, 2.05) is 0 Å². The van der Waals surface area contributed by atoms with E-state index in [4.69, 9.17) is 0 Å². The van der Waals surface area contributed by atoms with Gasteiger partial charge >= 0.3 is 0 Å². The van der Waals surface area contributed by atoms with Crippen molar-refractivity contribution in [2.75, 3.05) is 5.32 Å². The zero-order chi connectivity index (χ0) is 12.8. The fourth-order valence-corrected chi connectivity index (χ4v) is 3.37. The maximum atomic E-state index is 3.75. The van der Waals surface area contributed by atoms with Crippen LogP contribution in [0.1, 0.15) is 52.0 Å². The molecule has 2 saturated carbocycles. The molecule has 0 saturated heterocycles. The van der Waals surface area contributed by atoms with Gasteiger partial charge in [0.1, 0.15) is 0 Å². The van der Waals surface area contributed by atoms with Gasteiger partial charge < -0.3 is 5.32 Å². The van der Waals surface area contributed by atoms with E-state index in [2.05, 4.69) is 50.4 Å². The average molecular weight is 243 g/mol. The summed E-state index contributed by atoms with van der Waals surface area (Å²) >= 11 is 0. The first-order valence-corrected chi connectivity index (χ1v) is 7.41. The van der Waals surface area contributed by atoms with E-state index >= 15 is 0 Å². The lowest BCUT2D eigenvalue weighted by Crippen LogP contribution is -2.25. The van der Waals surface area contributed by atoms with Crippen LogP contribution in [0.2, 0.25) is 0 Å². The van der Waals surface area contributed by atoms with Crippen molar-refractivity contribution < 1.29 is 0 Å². The lowest BCUT2D eigenvalue weighted by Gasteiger charge is -2.25. The van der Waals surface area contributed by atoms with Gasteiger partial charge in [-0.05, 0) is 47.8 Å². The molecular formula is C17H25N. The highest BCUT2D eigenvalue weighted by molar-refractivity contribution is 5.47. The van der Waals surface area contributed by atoms with Crippen molar-refractivity contribution in [1.29, 1.82) is 0 Å². The van der Waals surface area contributed by atoms with Gasteiger partial charge in [-0.25, -0.2) is 0 Å². The van der Waals surface area contributed by atoms with E-state index in [1.54, 1.807) is 0 Å². The summed E-state index contributed by atoms with van der Waals surface area (Å²) in [7, 11) is 0. The number of fused-ring (bicyclic) bond motifs is 1. The van der Waals surface area contributed by atoms with Gasteiger partial charge in [0.05, 0.1) is 0 Å². The maximum Gasteiger partial charge on any atom is 0.0342 e. The molecule has 0 spiro atoms. The molecular weight excluding hydrogens is 218 g/mol. The molecule has 0 heterocycles. The van der Waals surface area contributed by atoms with Crippen molar-refractivity contribution in [2.45, 2.75) is 57.9 Å². The minimum absolute atomic E-state index is 0.255. The number of anilines is 1. The molecule has 98 valence electrons. The van der Waals surface area contributed by atoms with E-state index in [-0.39, 0.29) is 5.41 Å². The van der Waals surface area contributed by atoms with Gasteiger partial charge in [0, 0.05) is 11.7 Å². The summed E-state index contributed by atoms with van der Waals surface area (Å²) in [6.45, 7) is 6.81. The van der Waals surface area contributed by atoms with Crippen molar-refractivity contribution in [3.63, 3.8) is 0 Å². The molecule has 1 nitrogen and oxygen atoms in total. The molecule has 3 rings (SSSR count). The predicted molar refractivity (Wildman–Crippen MR) is 78.0 cm³/mol. The van der Waals surface area contributed by atoms with E-state index in [0.717, 1.165) is 17.9 Å². The molecule has 0 amide bonds. The highest BCUT2D eigenvalue weighted by Crippen LogP contribution is 2.50. The first-order chi connectivity index (χ1) is 8.54. The van der Waals surface area contributed by atoms with Gasteiger partial charge in [0.25, 0.3) is 0 Å². The van der Waals surface area contributed by atoms with Gasteiger partial charge in [0.15, 0.2) is 0 Å². The van der Waals surface area contributed by atoms with Crippen LogP contribution in [-0.4, -0.2) is 6.04 Å². The highest BCUT2D eigenvalue weighted by Gasteiger charge is 2.44. The van der Waals surface area contributed by atoms with Crippen LogP contribution in [0.15, 0.2) is 24.3 Å². The summed E-state index contributed by atoms with van der Waals surface area (Å²) in [6.07, 6.45) is 5.73. The molecule has 1 aromatic rings. The van der Waals surface area contributed by atoms with Crippen LogP contribution in [0.4, 0.5) is 5.69 Å². The highest BCUT2D eigenvalue weighted by atomic mass is 14.9. The van der Waals surface area contributed by atoms with Crippen LogP contribution in [0.3, 0.4) is 0 Å². The zero-order valence-electron chi connectivity index (χ0n) is 11.9. The molecule has 0 bridgehead atoms. The molecule has 0 aliphatic heterocycles. The number of hydrogen-bond acceptors (Lipinski definition) is 1. The average Bonchev–Trinajstić information content (AvgIpc) is 3.09. The predicted octanol–water partition coefficient (Wildman–Crippen LogP) is 4.58. The molecule has 2 fully saturated rings. The summed E-state index contributed by atoms with van der Waals surface area (Å²) in [5.41, 5.74) is 2.98. The molecule has 0 aromatic heterocycles. The summed E-state index contributed by atoms with van der Waals surface area (Å²) in [5.74, 6) is 2.02. The quantitative estimate of drug-likeness (QED) is 0.801. The molecule has 2 aliphatic carbocycles. The Hall–Kier alpha value is -0.980. The van der Waals surface area contributed by atoms with Crippen LogP contribution in [0.25, 0.3) is 0 Å². The minimum Gasteiger partial charge on any atom is -0.382 e. The summed E-state index contributed by atoms with van der Waals surface area (Å²) in [6, 6.07) is 9.80. The van der Waals surface area contributed by atoms with Gasteiger partial charge in [-0.2, -0.15) is 0 Å². The summed E-state index contributed by atoms with van der Waals surface area (Å²) in [5, 5.41) is 3.75. The molecule has 1 aromatic carbocycles. The van der Waals surface area contributed by atoms with Crippen LogP contribution in [-0.2, 0) is 5.41 Å². The second kappa shape index (κ2) is 4.29. The smallest absolute Gasteiger partial charge is 0.0342 e. The second-order valence-corrected chi connectivity index (χ2v) is 7.17.